The molecule has 0 fully saturated rings. The molecular formula is C24H20F2N2O3. The molecule has 3 rings (SSSR count). The Morgan fingerprint density at radius 1 is 0.935 bits per heavy atom. The molecule has 0 N–H and O–H groups in total. The molecule has 0 aliphatic carbocycles. The van der Waals surface area contributed by atoms with Crippen molar-refractivity contribution in [1.82, 2.24) is 4.90 Å². The molecule has 0 bridgehead atoms. The highest BCUT2D eigenvalue weighted by Gasteiger charge is 2.11. The van der Waals surface area contributed by atoms with Crippen LogP contribution in [0.4, 0.5) is 8.78 Å². The fraction of sp³-hybridized carbons (Fsp3) is 0.167. The molecule has 0 aliphatic heterocycles. The second-order valence-electron chi connectivity index (χ2n) is 6.77. The number of hydrogen-bond donors (Lipinski definition) is 0. The number of rotatable bonds is 8. The smallest absolute Gasteiger partial charge is 0.387 e. The van der Waals surface area contributed by atoms with Crippen molar-refractivity contribution in [3.8, 4) is 28.7 Å². The van der Waals surface area contributed by atoms with Gasteiger partial charge in [0.05, 0.1) is 11.6 Å². The van der Waals surface area contributed by atoms with Crippen LogP contribution < -0.4 is 9.47 Å². The minimum absolute atomic E-state index is 0.0699. The van der Waals surface area contributed by atoms with Crippen molar-refractivity contribution >= 4 is 5.91 Å². The number of nitriles is 1. The van der Waals surface area contributed by atoms with Crippen LogP contribution in [-0.2, 0) is 11.3 Å². The Morgan fingerprint density at radius 3 is 2.03 bits per heavy atom. The Bertz CT molecular complexity index is 1040. The maximum Gasteiger partial charge on any atom is 0.387 e. The molecule has 3 aromatic carbocycles. The molecule has 0 radical (unpaired) electrons. The van der Waals surface area contributed by atoms with Gasteiger partial charge < -0.3 is 14.4 Å². The van der Waals surface area contributed by atoms with E-state index in [1.54, 1.807) is 43.4 Å². The van der Waals surface area contributed by atoms with E-state index in [9.17, 15) is 13.6 Å². The maximum absolute atomic E-state index is 12.3. The van der Waals surface area contributed by atoms with Crippen LogP contribution in [0.25, 0.3) is 11.1 Å². The Morgan fingerprint density at radius 2 is 1.48 bits per heavy atom. The van der Waals surface area contributed by atoms with Crippen LogP contribution in [0.5, 0.6) is 11.5 Å². The summed E-state index contributed by atoms with van der Waals surface area (Å²) < 4.78 is 34.3. The highest BCUT2D eigenvalue weighted by molar-refractivity contribution is 5.77. The molecule has 158 valence electrons. The van der Waals surface area contributed by atoms with E-state index in [2.05, 4.69) is 10.8 Å². The Labute approximate surface area is 179 Å². The molecule has 0 spiro atoms. The third kappa shape index (κ3) is 6.28. The zero-order valence-electron chi connectivity index (χ0n) is 16.8. The minimum atomic E-state index is -2.87. The molecule has 0 saturated carbocycles. The van der Waals surface area contributed by atoms with Crippen molar-refractivity contribution in [2.24, 2.45) is 0 Å². The van der Waals surface area contributed by atoms with E-state index in [1.165, 1.54) is 17.0 Å². The lowest BCUT2D eigenvalue weighted by Gasteiger charge is -2.18. The van der Waals surface area contributed by atoms with E-state index in [-0.39, 0.29) is 18.3 Å². The lowest BCUT2D eigenvalue weighted by atomic mass is 10.0. The zero-order chi connectivity index (χ0) is 22.2. The van der Waals surface area contributed by atoms with Gasteiger partial charge in [-0.05, 0) is 53.1 Å². The summed E-state index contributed by atoms with van der Waals surface area (Å²) >= 11 is 0. The highest BCUT2D eigenvalue weighted by Crippen LogP contribution is 2.23. The fourth-order valence-corrected chi connectivity index (χ4v) is 2.87. The molecule has 1 amide bonds. The number of hydrogen-bond acceptors (Lipinski definition) is 4. The lowest BCUT2D eigenvalue weighted by Crippen LogP contribution is -2.30. The lowest BCUT2D eigenvalue weighted by molar-refractivity contribution is -0.132. The van der Waals surface area contributed by atoms with E-state index in [0.717, 1.165) is 16.7 Å². The van der Waals surface area contributed by atoms with Crippen LogP contribution in [-0.4, -0.2) is 31.1 Å². The van der Waals surface area contributed by atoms with Gasteiger partial charge in [0.2, 0.25) is 0 Å². The number of likely N-dealkylation sites (N-methyl/N-ethyl adjacent to an activating group) is 1. The van der Waals surface area contributed by atoms with Gasteiger partial charge in [-0.3, -0.25) is 4.79 Å². The van der Waals surface area contributed by atoms with Gasteiger partial charge in [0, 0.05) is 13.6 Å². The molecule has 0 aromatic heterocycles. The van der Waals surface area contributed by atoms with E-state index in [1.807, 2.05) is 24.3 Å². The van der Waals surface area contributed by atoms with Gasteiger partial charge in [0.1, 0.15) is 11.5 Å². The molecule has 5 nitrogen and oxygen atoms in total. The number of alkyl halides is 2. The summed E-state index contributed by atoms with van der Waals surface area (Å²) in [6.07, 6.45) is 0. The minimum Gasteiger partial charge on any atom is -0.484 e. The van der Waals surface area contributed by atoms with E-state index in [4.69, 9.17) is 10.00 Å². The summed E-state index contributed by atoms with van der Waals surface area (Å²) in [5.74, 6) is 0.414. The summed E-state index contributed by atoms with van der Waals surface area (Å²) in [4.78, 5) is 13.8. The average Bonchev–Trinajstić information content (AvgIpc) is 2.79. The number of amides is 1. The maximum atomic E-state index is 12.3. The number of carbonyl (C=O) groups is 1. The first-order chi connectivity index (χ1) is 14.9. The Hall–Kier alpha value is -3.92. The van der Waals surface area contributed by atoms with Crippen molar-refractivity contribution in [3.63, 3.8) is 0 Å². The quantitative estimate of drug-likeness (QED) is 0.520. The fourth-order valence-electron chi connectivity index (χ4n) is 2.87. The normalized spacial score (nSPS) is 10.4. The van der Waals surface area contributed by atoms with Crippen LogP contribution in [0.15, 0.2) is 72.8 Å². The molecule has 31 heavy (non-hydrogen) atoms. The van der Waals surface area contributed by atoms with Crippen LogP contribution in [0, 0.1) is 11.3 Å². The number of benzene rings is 3. The predicted octanol–water partition coefficient (Wildman–Crippen LogP) is 4.86. The number of ether oxygens (including phenoxy) is 2. The van der Waals surface area contributed by atoms with Crippen molar-refractivity contribution in [2.45, 2.75) is 13.2 Å². The summed E-state index contributed by atoms with van der Waals surface area (Å²) in [5.41, 5.74) is 3.33. The predicted molar refractivity (Wildman–Crippen MR) is 112 cm³/mol. The first-order valence-corrected chi connectivity index (χ1v) is 9.46. The SMILES string of the molecule is CN(Cc1ccc(OC(F)F)cc1)C(=O)COc1ccc(-c2ccc(C#N)cc2)cc1. The molecule has 7 heteroatoms. The summed E-state index contributed by atoms with van der Waals surface area (Å²) in [6, 6.07) is 22.8. The van der Waals surface area contributed by atoms with Gasteiger partial charge in [-0.1, -0.05) is 36.4 Å². The molecule has 0 atom stereocenters. The molecule has 0 unspecified atom stereocenters. The number of nitrogens with zero attached hydrogens (tertiary/aromatic N) is 2. The Balaban J connectivity index is 1.50. The second-order valence-corrected chi connectivity index (χ2v) is 6.77. The standard InChI is InChI=1S/C24H20F2N2O3/c1-28(15-18-4-10-22(11-5-18)31-24(25)26)23(29)16-30-21-12-8-20(9-13-21)19-6-2-17(14-27)3-7-19/h2-13,24H,15-16H2,1H3. The second kappa shape index (κ2) is 10.2. The van der Waals surface area contributed by atoms with Crippen LogP contribution in [0.3, 0.4) is 0 Å². The van der Waals surface area contributed by atoms with Crippen molar-refractivity contribution < 1.29 is 23.0 Å². The largest absolute Gasteiger partial charge is 0.484 e. The zero-order valence-corrected chi connectivity index (χ0v) is 16.8. The third-order valence-corrected chi connectivity index (χ3v) is 4.56. The third-order valence-electron chi connectivity index (χ3n) is 4.56. The molecular weight excluding hydrogens is 402 g/mol. The molecule has 0 aliphatic rings. The van der Waals surface area contributed by atoms with Gasteiger partial charge in [0.15, 0.2) is 6.61 Å². The summed E-state index contributed by atoms with van der Waals surface area (Å²) in [5, 5.41) is 8.87. The Kier molecular flexibility index (Phi) is 7.17. The first kappa shape index (κ1) is 21.8. The number of halogens is 2. The van der Waals surface area contributed by atoms with E-state index >= 15 is 0 Å². The van der Waals surface area contributed by atoms with Crippen LogP contribution in [0.1, 0.15) is 11.1 Å². The topological polar surface area (TPSA) is 62.6 Å². The molecule has 0 saturated heterocycles. The van der Waals surface area contributed by atoms with Crippen LogP contribution >= 0.6 is 0 Å². The average molecular weight is 422 g/mol. The van der Waals surface area contributed by atoms with Crippen LogP contribution in [0.2, 0.25) is 0 Å². The number of carbonyl (C=O) groups excluding carboxylic acids is 1. The van der Waals surface area contributed by atoms with E-state index in [0.29, 0.717) is 17.9 Å². The molecule has 0 heterocycles. The van der Waals surface area contributed by atoms with Crippen molar-refractivity contribution in [2.75, 3.05) is 13.7 Å². The van der Waals surface area contributed by atoms with Gasteiger partial charge in [-0.15, -0.1) is 0 Å². The summed E-state index contributed by atoms with van der Waals surface area (Å²) in [6.45, 7) is -2.68. The highest BCUT2D eigenvalue weighted by atomic mass is 19.3. The van der Waals surface area contributed by atoms with Gasteiger partial charge in [0.25, 0.3) is 5.91 Å². The van der Waals surface area contributed by atoms with Gasteiger partial charge >= 0.3 is 6.61 Å². The summed E-state index contributed by atoms with van der Waals surface area (Å²) in [7, 11) is 1.64. The van der Waals surface area contributed by atoms with E-state index < -0.39 is 6.61 Å². The van der Waals surface area contributed by atoms with Crippen molar-refractivity contribution in [1.29, 1.82) is 5.26 Å². The van der Waals surface area contributed by atoms with Gasteiger partial charge in [-0.2, -0.15) is 14.0 Å². The molecule has 3 aromatic rings. The van der Waals surface area contributed by atoms with Gasteiger partial charge in [-0.25, -0.2) is 0 Å². The monoisotopic (exact) mass is 422 g/mol. The van der Waals surface area contributed by atoms with Crippen molar-refractivity contribution in [3.05, 3.63) is 83.9 Å². The first-order valence-electron chi connectivity index (χ1n) is 9.46.